The van der Waals surface area contributed by atoms with Crippen LogP contribution in [0, 0.1) is 0 Å². The SMILES string of the molecule is CCCCC/C=C\C/C=C\CCCCCCCC(=O)O.CCCCCCCCCC[N+](C)(C)CCCCCCCC. The van der Waals surface area contributed by atoms with Crippen LogP contribution in [0.3, 0.4) is 0 Å². The van der Waals surface area contributed by atoms with Crippen LogP contribution >= 0.6 is 0 Å². The van der Waals surface area contributed by atoms with Crippen molar-refractivity contribution in [1.29, 1.82) is 0 Å². The van der Waals surface area contributed by atoms with E-state index in [1.54, 1.807) is 0 Å². The lowest BCUT2D eigenvalue weighted by molar-refractivity contribution is -0.890. The molecule has 0 atom stereocenters. The van der Waals surface area contributed by atoms with E-state index in [9.17, 15) is 4.79 Å². The van der Waals surface area contributed by atoms with Crippen molar-refractivity contribution in [3.63, 3.8) is 0 Å². The molecule has 41 heavy (non-hydrogen) atoms. The summed E-state index contributed by atoms with van der Waals surface area (Å²) in [5.41, 5.74) is 0. The molecule has 0 aromatic rings. The van der Waals surface area contributed by atoms with Crippen LogP contribution in [0.4, 0.5) is 0 Å². The number of aliphatic carboxylic acids is 1. The summed E-state index contributed by atoms with van der Waals surface area (Å²) in [5, 5.41) is 8.50. The Balaban J connectivity index is 0. The maximum atomic E-state index is 10.3. The lowest BCUT2D eigenvalue weighted by atomic mass is 10.1. The molecular formula is C38H76NO2+. The second-order valence-electron chi connectivity index (χ2n) is 13.0. The third kappa shape index (κ3) is 41.1. The molecule has 0 aliphatic rings. The zero-order chi connectivity index (χ0) is 30.7. The summed E-state index contributed by atoms with van der Waals surface area (Å²) in [5.74, 6) is -0.671. The summed E-state index contributed by atoms with van der Waals surface area (Å²) in [6, 6.07) is 0. The fourth-order valence-electron chi connectivity index (χ4n) is 5.19. The van der Waals surface area contributed by atoms with E-state index >= 15 is 0 Å². The second-order valence-corrected chi connectivity index (χ2v) is 13.0. The normalized spacial score (nSPS) is 11.8. The van der Waals surface area contributed by atoms with Gasteiger partial charge in [-0.3, -0.25) is 4.79 Å². The second kappa shape index (κ2) is 35.1. The van der Waals surface area contributed by atoms with Crippen LogP contribution in [0.5, 0.6) is 0 Å². The third-order valence-corrected chi connectivity index (χ3v) is 8.08. The maximum Gasteiger partial charge on any atom is 0.303 e. The molecule has 0 spiro atoms. The molecule has 0 fully saturated rings. The fraction of sp³-hybridized carbons (Fsp3) is 0.868. The van der Waals surface area contributed by atoms with E-state index in [2.05, 4.69) is 59.2 Å². The molecule has 0 aromatic heterocycles. The quantitative estimate of drug-likeness (QED) is 0.0523. The number of carboxylic acids is 1. The van der Waals surface area contributed by atoms with Gasteiger partial charge in [-0.1, -0.05) is 141 Å². The average Bonchev–Trinajstić information content (AvgIpc) is 2.94. The van der Waals surface area contributed by atoms with Gasteiger partial charge < -0.3 is 9.59 Å². The van der Waals surface area contributed by atoms with Crippen molar-refractivity contribution in [2.45, 2.75) is 188 Å². The van der Waals surface area contributed by atoms with Gasteiger partial charge in [-0.2, -0.15) is 0 Å². The number of rotatable bonds is 30. The molecule has 0 aliphatic heterocycles. The summed E-state index contributed by atoms with van der Waals surface area (Å²) < 4.78 is 1.24. The minimum absolute atomic E-state index is 0.324. The summed E-state index contributed by atoms with van der Waals surface area (Å²) in [6.45, 7) is 9.58. The van der Waals surface area contributed by atoms with E-state index in [0.29, 0.717) is 6.42 Å². The van der Waals surface area contributed by atoms with Crippen LogP contribution in [-0.2, 0) is 4.79 Å². The molecule has 0 amide bonds. The summed E-state index contributed by atoms with van der Waals surface area (Å²) >= 11 is 0. The van der Waals surface area contributed by atoms with Gasteiger partial charge in [-0.25, -0.2) is 0 Å². The Morgan fingerprint density at radius 3 is 1.27 bits per heavy atom. The number of hydrogen-bond acceptors (Lipinski definition) is 1. The smallest absolute Gasteiger partial charge is 0.303 e. The molecule has 0 bridgehead atoms. The van der Waals surface area contributed by atoms with E-state index in [4.69, 9.17) is 5.11 Å². The molecule has 0 aromatic carbocycles. The molecule has 0 saturated heterocycles. The molecule has 0 radical (unpaired) electrons. The van der Waals surface area contributed by atoms with Gasteiger partial charge in [0.25, 0.3) is 0 Å². The molecule has 1 N–H and O–H groups in total. The highest BCUT2D eigenvalue weighted by Crippen LogP contribution is 2.12. The lowest BCUT2D eigenvalue weighted by Gasteiger charge is -2.30. The summed E-state index contributed by atoms with van der Waals surface area (Å²) in [4.78, 5) is 10.3. The minimum Gasteiger partial charge on any atom is -0.481 e. The van der Waals surface area contributed by atoms with Crippen molar-refractivity contribution in [3.8, 4) is 0 Å². The fourth-order valence-corrected chi connectivity index (χ4v) is 5.19. The molecule has 0 saturated carbocycles. The van der Waals surface area contributed by atoms with E-state index in [1.807, 2.05) is 0 Å². The van der Waals surface area contributed by atoms with Gasteiger partial charge in [-0.05, 0) is 64.2 Å². The number of quaternary nitrogens is 1. The van der Waals surface area contributed by atoms with Crippen molar-refractivity contribution in [1.82, 2.24) is 0 Å². The number of hydrogen-bond donors (Lipinski definition) is 1. The Labute approximate surface area is 259 Å². The predicted molar refractivity (Wildman–Crippen MR) is 185 cm³/mol. The van der Waals surface area contributed by atoms with Crippen molar-refractivity contribution < 1.29 is 14.4 Å². The van der Waals surface area contributed by atoms with Gasteiger partial charge in [0.05, 0.1) is 27.2 Å². The first kappa shape index (κ1) is 42.0. The Kier molecular flexibility index (Phi) is 36.0. The van der Waals surface area contributed by atoms with Crippen molar-refractivity contribution in [3.05, 3.63) is 24.3 Å². The largest absolute Gasteiger partial charge is 0.481 e. The molecule has 3 nitrogen and oxygen atoms in total. The van der Waals surface area contributed by atoms with E-state index < -0.39 is 5.97 Å². The first-order valence-corrected chi connectivity index (χ1v) is 18.2. The van der Waals surface area contributed by atoms with E-state index in [1.165, 1.54) is 152 Å². The first-order valence-electron chi connectivity index (χ1n) is 18.2. The number of nitrogens with zero attached hydrogens (tertiary/aromatic N) is 1. The highest BCUT2D eigenvalue weighted by atomic mass is 16.4. The first-order chi connectivity index (χ1) is 19.9. The third-order valence-electron chi connectivity index (χ3n) is 8.08. The van der Waals surface area contributed by atoms with E-state index in [-0.39, 0.29) is 0 Å². The van der Waals surface area contributed by atoms with Crippen LogP contribution in [0.15, 0.2) is 24.3 Å². The summed E-state index contributed by atoms with van der Waals surface area (Å²) in [6.07, 6.45) is 42.3. The Morgan fingerprint density at radius 2 is 0.829 bits per heavy atom. The van der Waals surface area contributed by atoms with Crippen LogP contribution in [0.25, 0.3) is 0 Å². The molecule has 0 aliphatic carbocycles. The molecule has 0 heterocycles. The van der Waals surface area contributed by atoms with Crippen molar-refractivity contribution in [2.75, 3.05) is 27.2 Å². The Hall–Kier alpha value is -1.09. The lowest BCUT2D eigenvalue weighted by Crippen LogP contribution is -2.41. The monoisotopic (exact) mass is 579 g/mol. The Bertz CT molecular complexity index is 567. The average molecular weight is 579 g/mol. The van der Waals surface area contributed by atoms with Gasteiger partial charge in [0.2, 0.25) is 0 Å². The molecule has 0 unspecified atom stereocenters. The zero-order valence-electron chi connectivity index (χ0n) is 28.9. The molecule has 244 valence electrons. The minimum atomic E-state index is -0.671. The maximum absolute atomic E-state index is 10.3. The van der Waals surface area contributed by atoms with Crippen LogP contribution in [-0.4, -0.2) is 42.7 Å². The van der Waals surface area contributed by atoms with Crippen LogP contribution in [0.2, 0.25) is 0 Å². The highest BCUT2D eigenvalue weighted by Gasteiger charge is 2.13. The van der Waals surface area contributed by atoms with E-state index in [0.717, 1.165) is 25.7 Å². The zero-order valence-corrected chi connectivity index (χ0v) is 28.9. The Morgan fingerprint density at radius 1 is 0.488 bits per heavy atom. The number of carboxylic acid groups (broad SMARTS) is 1. The molecule has 0 rings (SSSR count). The van der Waals surface area contributed by atoms with Gasteiger partial charge in [0.1, 0.15) is 0 Å². The van der Waals surface area contributed by atoms with Crippen LogP contribution in [0.1, 0.15) is 188 Å². The van der Waals surface area contributed by atoms with Gasteiger partial charge >= 0.3 is 5.97 Å². The van der Waals surface area contributed by atoms with Crippen molar-refractivity contribution >= 4 is 5.97 Å². The molecule has 3 heteroatoms. The summed E-state index contributed by atoms with van der Waals surface area (Å²) in [7, 11) is 4.85. The topological polar surface area (TPSA) is 37.3 Å². The predicted octanol–water partition coefficient (Wildman–Crippen LogP) is 12.4. The standard InChI is InChI=1S/C20H44N.C18H32O2/c1-5-7-9-11-13-14-16-18-20-21(3,4)19-17-15-12-10-8-6-2;1-2-3-4-5-6-7-8-9-10-11-12-13-14-15-16-17-18(19)20/h5-20H2,1-4H3;6-7,9-10H,2-5,8,11-17H2,1H3,(H,19,20)/q+1;/b;7-6-,10-9-. The molecular weight excluding hydrogens is 502 g/mol. The highest BCUT2D eigenvalue weighted by molar-refractivity contribution is 5.66. The van der Waals surface area contributed by atoms with Gasteiger partial charge in [0.15, 0.2) is 0 Å². The van der Waals surface area contributed by atoms with Crippen LogP contribution < -0.4 is 0 Å². The van der Waals surface area contributed by atoms with Gasteiger partial charge in [-0.15, -0.1) is 0 Å². The number of unbranched alkanes of at least 4 members (excludes halogenated alkanes) is 20. The number of allylic oxidation sites excluding steroid dienone is 4. The van der Waals surface area contributed by atoms with Crippen molar-refractivity contribution in [2.24, 2.45) is 0 Å². The van der Waals surface area contributed by atoms with Gasteiger partial charge in [0, 0.05) is 6.42 Å². The number of carbonyl (C=O) groups is 1.